The quantitative estimate of drug-likeness (QED) is 0.417. The third-order valence-electron chi connectivity index (χ3n) is 0.516. The van der Waals surface area contributed by atoms with Gasteiger partial charge in [-0.15, -0.1) is 0 Å². The maximum absolute atomic E-state index is 9.41. The smallest absolute Gasteiger partial charge is 0 e. The summed E-state index contributed by atoms with van der Waals surface area (Å²) in [5.74, 6) is 0. The molecule has 7 heteroatoms. The molecule has 0 saturated heterocycles. The molecule has 0 aromatic rings. The van der Waals surface area contributed by atoms with Crippen molar-refractivity contribution in [2.24, 2.45) is 0 Å². The van der Waals surface area contributed by atoms with E-state index in [1.54, 1.807) is 13.8 Å². The van der Waals surface area contributed by atoms with Crippen LogP contribution in [0.5, 0.6) is 0 Å². The third kappa shape index (κ3) is 35.1. The summed E-state index contributed by atoms with van der Waals surface area (Å²) in [5, 5.41) is 0. The Bertz CT molecular complexity index is 56.1. The summed E-state index contributed by atoms with van der Waals surface area (Å²) in [4.78, 5) is 37.6. The predicted molar refractivity (Wildman–Crippen MR) is 34.9 cm³/mol. The van der Waals surface area contributed by atoms with E-state index in [2.05, 4.69) is 0 Å². The SMILES string of the molecule is CCP([O-])[O-].CCP([O-])[O-].[Ni]. The fourth-order valence-corrected chi connectivity index (χ4v) is 0. The summed E-state index contributed by atoms with van der Waals surface area (Å²) in [5.41, 5.74) is 0. The van der Waals surface area contributed by atoms with Gasteiger partial charge in [-0.05, 0) is 0 Å². The Kier molecular flexibility index (Phi) is 22.6. The first-order chi connectivity index (χ1) is 4.54. The first-order valence-corrected chi connectivity index (χ1v) is 5.50. The Balaban J connectivity index is -0.000000107. The Hall–Kier alpha value is 1.19. The minimum absolute atomic E-state index is 0. The fourth-order valence-electron chi connectivity index (χ4n) is 0. The van der Waals surface area contributed by atoms with E-state index in [1.165, 1.54) is 0 Å². The van der Waals surface area contributed by atoms with Gasteiger partial charge in [0.25, 0.3) is 0 Å². The van der Waals surface area contributed by atoms with E-state index < -0.39 is 16.8 Å². The van der Waals surface area contributed by atoms with Crippen LogP contribution in [0.1, 0.15) is 13.8 Å². The molecule has 0 N–H and O–H groups in total. The van der Waals surface area contributed by atoms with Gasteiger partial charge in [-0.3, -0.25) is 0 Å². The van der Waals surface area contributed by atoms with Gasteiger partial charge in [-0.1, -0.05) is 26.2 Å². The van der Waals surface area contributed by atoms with E-state index in [0.717, 1.165) is 0 Å². The summed E-state index contributed by atoms with van der Waals surface area (Å²) >= 11 is 0. The predicted octanol–water partition coefficient (Wildman–Crippen LogP) is -1.92. The minimum atomic E-state index is -2.10. The van der Waals surface area contributed by atoms with Crippen LogP contribution >= 0.6 is 16.8 Å². The molecule has 0 aliphatic carbocycles. The van der Waals surface area contributed by atoms with Crippen molar-refractivity contribution in [1.29, 1.82) is 0 Å². The Morgan fingerprint density at radius 3 is 0.909 bits per heavy atom. The first kappa shape index (κ1) is 18.1. The molecule has 0 aromatic carbocycles. The van der Waals surface area contributed by atoms with Crippen molar-refractivity contribution in [2.75, 3.05) is 12.3 Å². The topological polar surface area (TPSA) is 92.2 Å². The number of rotatable bonds is 2. The average Bonchev–Trinajstić information content (AvgIpc) is 1.89. The summed E-state index contributed by atoms with van der Waals surface area (Å²) in [6.07, 6.45) is 0.519. The van der Waals surface area contributed by atoms with Crippen LogP contribution < -0.4 is 19.6 Å². The largest absolute Gasteiger partial charge is 0.842 e. The fraction of sp³-hybridized carbons (Fsp3) is 1.00. The molecule has 0 spiro atoms. The van der Waals surface area contributed by atoms with E-state index in [-0.39, 0.29) is 28.8 Å². The van der Waals surface area contributed by atoms with Gasteiger partial charge in [-0.25, -0.2) is 0 Å². The molecule has 0 aliphatic rings. The van der Waals surface area contributed by atoms with Crippen LogP contribution in [0.25, 0.3) is 0 Å². The summed E-state index contributed by atoms with van der Waals surface area (Å²) in [6.45, 7) is 3.21. The van der Waals surface area contributed by atoms with Crippen LogP contribution in [0, 0.1) is 0 Å². The monoisotopic (exact) mass is 242 g/mol. The van der Waals surface area contributed by atoms with Crippen LogP contribution in [0.15, 0.2) is 0 Å². The van der Waals surface area contributed by atoms with Gasteiger partial charge < -0.3 is 36.3 Å². The van der Waals surface area contributed by atoms with Crippen molar-refractivity contribution in [3.05, 3.63) is 0 Å². The van der Waals surface area contributed by atoms with Crippen LogP contribution in [0.2, 0.25) is 0 Å². The molecule has 0 fully saturated rings. The first-order valence-electron chi connectivity index (χ1n) is 2.78. The maximum Gasteiger partial charge on any atom is 0 e. The van der Waals surface area contributed by atoms with Gasteiger partial charge in [-0.2, -0.15) is 0 Å². The van der Waals surface area contributed by atoms with Crippen molar-refractivity contribution in [3.63, 3.8) is 0 Å². The second-order valence-electron chi connectivity index (χ2n) is 1.30. The Morgan fingerprint density at radius 1 is 0.818 bits per heavy atom. The molecule has 0 bridgehead atoms. The summed E-state index contributed by atoms with van der Waals surface area (Å²) < 4.78 is 0. The van der Waals surface area contributed by atoms with E-state index in [1.807, 2.05) is 0 Å². The number of hydrogen-bond acceptors (Lipinski definition) is 4. The van der Waals surface area contributed by atoms with Crippen LogP contribution in [0.3, 0.4) is 0 Å². The molecule has 0 radical (unpaired) electrons. The van der Waals surface area contributed by atoms with Gasteiger partial charge in [0.15, 0.2) is 0 Å². The van der Waals surface area contributed by atoms with Crippen molar-refractivity contribution < 1.29 is 36.1 Å². The van der Waals surface area contributed by atoms with E-state index in [0.29, 0.717) is 0 Å². The second-order valence-corrected chi connectivity index (χ2v) is 3.89. The third-order valence-corrected chi connectivity index (χ3v) is 1.55. The van der Waals surface area contributed by atoms with Gasteiger partial charge in [0.2, 0.25) is 0 Å². The molecule has 0 aliphatic heterocycles. The number of hydrogen-bond donors (Lipinski definition) is 0. The molecule has 0 rings (SSSR count). The Labute approximate surface area is 79.4 Å². The zero-order valence-corrected chi connectivity index (χ0v) is 9.03. The molecular weight excluding hydrogens is 233 g/mol. The molecule has 0 heterocycles. The van der Waals surface area contributed by atoms with Crippen molar-refractivity contribution in [3.8, 4) is 0 Å². The van der Waals surface area contributed by atoms with Gasteiger partial charge in [0.05, 0.1) is 0 Å². The van der Waals surface area contributed by atoms with E-state index >= 15 is 0 Å². The van der Waals surface area contributed by atoms with E-state index in [4.69, 9.17) is 0 Å². The van der Waals surface area contributed by atoms with Crippen molar-refractivity contribution in [2.45, 2.75) is 13.8 Å². The second kappa shape index (κ2) is 13.8. The zero-order valence-electron chi connectivity index (χ0n) is 6.26. The maximum atomic E-state index is 9.41. The van der Waals surface area contributed by atoms with Gasteiger partial charge in [0.1, 0.15) is 0 Å². The molecule has 74 valence electrons. The van der Waals surface area contributed by atoms with Crippen LogP contribution in [-0.4, -0.2) is 12.3 Å². The minimum Gasteiger partial charge on any atom is -0.842 e. The van der Waals surface area contributed by atoms with Crippen LogP contribution in [0.4, 0.5) is 0 Å². The zero-order chi connectivity index (χ0) is 8.57. The van der Waals surface area contributed by atoms with Crippen LogP contribution in [-0.2, 0) is 16.5 Å². The molecule has 0 saturated carbocycles. The van der Waals surface area contributed by atoms with E-state index in [9.17, 15) is 19.6 Å². The van der Waals surface area contributed by atoms with Gasteiger partial charge >= 0.3 is 0 Å². The Morgan fingerprint density at radius 2 is 0.909 bits per heavy atom. The van der Waals surface area contributed by atoms with Crippen molar-refractivity contribution >= 4 is 16.8 Å². The molecule has 0 amide bonds. The van der Waals surface area contributed by atoms with Crippen molar-refractivity contribution in [1.82, 2.24) is 0 Å². The van der Waals surface area contributed by atoms with Gasteiger partial charge in [0, 0.05) is 16.5 Å². The molecule has 0 aromatic heterocycles. The molecule has 4 nitrogen and oxygen atoms in total. The standard InChI is InChI=1S/2C2H5O2P.Ni/c2*1-2-5(3)4;/h2*2H2,1H3;/q2*-2;. The normalized spacial score (nSPS) is 8.73. The summed E-state index contributed by atoms with van der Waals surface area (Å²) in [7, 11) is -4.20. The average molecular weight is 243 g/mol. The molecule has 11 heavy (non-hydrogen) atoms. The molecule has 0 atom stereocenters. The molecule has 0 unspecified atom stereocenters. The summed E-state index contributed by atoms with van der Waals surface area (Å²) in [6, 6.07) is 0. The molecular formula is C4H10NiO4P2-4.